The second kappa shape index (κ2) is 8.03. The van der Waals surface area contributed by atoms with Gasteiger partial charge in [-0.2, -0.15) is 4.98 Å². The van der Waals surface area contributed by atoms with Crippen molar-refractivity contribution in [2.45, 2.75) is 25.5 Å². The van der Waals surface area contributed by atoms with Crippen LogP contribution in [0.5, 0.6) is 0 Å². The van der Waals surface area contributed by atoms with Crippen LogP contribution in [0.15, 0.2) is 34.9 Å². The molecule has 2 heterocycles. The maximum atomic E-state index is 11.5. The van der Waals surface area contributed by atoms with Crippen molar-refractivity contribution >= 4 is 5.91 Å². The highest BCUT2D eigenvalue weighted by molar-refractivity contribution is 5.89. The number of nitrogens with zero attached hydrogens (tertiary/aromatic N) is 3. The number of hydrogen-bond donors (Lipinski definition) is 1. The lowest BCUT2D eigenvalue weighted by atomic mass is 10.1. The van der Waals surface area contributed by atoms with E-state index in [1.54, 1.807) is 0 Å². The van der Waals surface area contributed by atoms with E-state index in [1.807, 2.05) is 6.07 Å². The summed E-state index contributed by atoms with van der Waals surface area (Å²) >= 11 is 0. The van der Waals surface area contributed by atoms with E-state index in [9.17, 15) is 4.79 Å². The van der Waals surface area contributed by atoms with Crippen molar-refractivity contribution in [1.29, 1.82) is 0 Å². The average molecular weight is 330 g/mol. The molecule has 1 aromatic carbocycles. The number of nitrogens with one attached hydrogen (secondary N) is 1. The lowest BCUT2D eigenvalue weighted by molar-refractivity contribution is -0.0371. The van der Waals surface area contributed by atoms with Crippen LogP contribution in [-0.4, -0.2) is 53.8 Å². The molecular formula is C17H22N4O3. The summed E-state index contributed by atoms with van der Waals surface area (Å²) in [4.78, 5) is 17.8. The third-order valence-electron chi connectivity index (χ3n) is 4.08. The average Bonchev–Trinajstić information content (AvgIpc) is 3.09. The first-order chi connectivity index (χ1) is 11.7. The van der Waals surface area contributed by atoms with E-state index in [1.165, 1.54) is 12.6 Å². The van der Waals surface area contributed by atoms with Crippen LogP contribution in [0, 0.1) is 0 Å². The van der Waals surface area contributed by atoms with Crippen LogP contribution in [0.25, 0.3) is 0 Å². The van der Waals surface area contributed by atoms with Crippen molar-refractivity contribution in [3.8, 4) is 0 Å². The number of rotatable bonds is 6. The Balaban J connectivity index is 1.50. The van der Waals surface area contributed by atoms with Crippen molar-refractivity contribution in [2.24, 2.45) is 0 Å². The largest absolute Gasteiger partial charge is 0.376 e. The van der Waals surface area contributed by atoms with E-state index >= 15 is 0 Å². The summed E-state index contributed by atoms with van der Waals surface area (Å²) in [6, 6.07) is 10.4. The quantitative estimate of drug-likeness (QED) is 0.859. The zero-order valence-corrected chi connectivity index (χ0v) is 13.8. The molecule has 0 saturated carbocycles. The molecule has 1 aliphatic rings. The molecule has 0 spiro atoms. The highest BCUT2D eigenvalue weighted by Gasteiger charge is 2.23. The van der Waals surface area contributed by atoms with Crippen LogP contribution in [0.2, 0.25) is 0 Å². The van der Waals surface area contributed by atoms with Crippen molar-refractivity contribution in [3.63, 3.8) is 0 Å². The number of benzene rings is 1. The number of aryl methyl sites for hydroxylation is 1. The summed E-state index contributed by atoms with van der Waals surface area (Å²) in [5, 5.41) is 6.17. The topological polar surface area (TPSA) is 80.5 Å². The number of morpholine rings is 1. The molecule has 7 nitrogen and oxygen atoms in total. The fourth-order valence-electron chi connectivity index (χ4n) is 2.79. The SMILES string of the molecule is CNC(=O)c1noc(CN2CCO[C@H](CCc3ccccc3)C2)n1. The fourth-order valence-corrected chi connectivity index (χ4v) is 2.79. The molecule has 2 aromatic rings. The minimum atomic E-state index is -0.340. The zero-order chi connectivity index (χ0) is 16.8. The van der Waals surface area contributed by atoms with Gasteiger partial charge >= 0.3 is 0 Å². The minimum Gasteiger partial charge on any atom is -0.376 e. The van der Waals surface area contributed by atoms with Crippen molar-refractivity contribution in [1.82, 2.24) is 20.4 Å². The molecule has 0 aliphatic carbocycles. The molecular weight excluding hydrogens is 308 g/mol. The molecule has 1 atom stereocenters. The number of carbonyl (C=O) groups excluding carboxylic acids is 1. The zero-order valence-electron chi connectivity index (χ0n) is 13.8. The summed E-state index contributed by atoms with van der Waals surface area (Å²) in [7, 11) is 1.54. The van der Waals surface area contributed by atoms with E-state index in [0.29, 0.717) is 19.0 Å². The Kier molecular flexibility index (Phi) is 5.55. The van der Waals surface area contributed by atoms with Crippen LogP contribution in [0.3, 0.4) is 0 Å². The summed E-state index contributed by atoms with van der Waals surface area (Å²) in [6.45, 7) is 2.87. The summed E-state index contributed by atoms with van der Waals surface area (Å²) in [6.07, 6.45) is 2.18. The standard InChI is InChI=1S/C17H22N4O3/c1-18-17(22)16-19-15(24-20-16)12-21-9-10-23-14(11-21)8-7-13-5-3-2-4-6-13/h2-6,14H,7-12H2,1H3,(H,18,22)/t14-/m1/s1. The second-order valence-corrected chi connectivity index (χ2v) is 5.84. The van der Waals surface area contributed by atoms with Crippen LogP contribution in [0.4, 0.5) is 0 Å². The first-order valence-corrected chi connectivity index (χ1v) is 8.17. The molecule has 1 aliphatic heterocycles. The van der Waals surface area contributed by atoms with Gasteiger partial charge in [-0.25, -0.2) is 0 Å². The van der Waals surface area contributed by atoms with Gasteiger partial charge in [-0.05, 0) is 18.4 Å². The first-order valence-electron chi connectivity index (χ1n) is 8.17. The number of hydrogen-bond acceptors (Lipinski definition) is 6. The molecule has 1 saturated heterocycles. The van der Waals surface area contributed by atoms with Crippen molar-refractivity contribution in [3.05, 3.63) is 47.6 Å². The smallest absolute Gasteiger partial charge is 0.292 e. The Morgan fingerprint density at radius 1 is 1.38 bits per heavy atom. The van der Waals surface area contributed by atoms with Crippen LogP contribution in [-0.2, 0) is 17.7 Å². The molecule has 0 unspecified atom stereocenters. The van der Waals surface area contributed by atoms with Crippen LogP contribution < -0.4 is 5.32 Å². The number of ether oxygens (including phenoxy) is 1. The Labute approximate surface area is 141 Å². The molecule has 128 valence electrons. The normalized spacial score (nSPS) is 18.5. The molecule has 1 fully saturated rings. The molecule has 0 bridgehead atoms. The third-order valence-corrected chi connectivity index (χ3v) is 4.08. The van der Waals surface area contributed by atoms with Gasteiger partial charge in [0, 0.05) is 20.1 Å². The van der Waals surface area contributed by atoms with Gasteiger partial charge < -0.3 is 14.6 Å². The minimum absolute atomic E-state index is 0.0707. The van der Waals surface area contributed by atoms with E-state index in [4.69, 9.17) is 9.26 Å². The van der Waals surface area contributed by atoms with Crippen molar-refractivity contribution in [2.75, 3.05) is 26.7 Å². The van der Waals surface area contributed by atoms with Gasteiger partial charge in [0.05, 0.1) is 19.3 Å². The molecule has 1 N–H and O–H groups in total. The molecule has 1 aromatic heterocycles. The Bertz CT molecular complexity index is 659. The predicted molar refractivity (Wildman–Crippen MR) is 87.5 cm³/mol. The van der Waals surface area contributed by atoms with E-state index in [2.05, 4.69) is 44.6 Å². The van der Waals surface area contributed by atoms with E-state index in [-0.39, 0.29) is 17.8 Å². The number of aromatic nitrogens is 2. The van der Waals surface area contributed by atoms with Crippen LogP contribution >= 0.6 is 0 Å². The summed E-state index contributed by atoms with van der Waals surface area (Å²) in [5.41, 5.74) is 1.32. The maximum Gasteiger partial charge on any atom is 0.292 e. The number of amides is 1. The fraction of sp³-hybridized carbons (Fsp3) is 0.471. The molecule has 24 heavy (non-hydrogen) atoms. The number of carbonyl (C=O) groups is 1. The van der Waals surface area contributed by atoms with Gasteiger partial charge in [-0.3, -0.25) is 9.69 Å². The molecule has 1 amide bonds. The van der Waals surface area contributed by atoms with E-state index in [0.717, 1.165) is 25.9 Å². The molecule has 0 radical (unpaired) electrons. The lowest BCUT2D eigenvalue weighted by Gasteiger charge is -2.32. The highest BCUT2D eigenvalue weighted by Crippen LogP contribution is 2.14. The predicted octanol–water partition coefficient (Wildman–Crippen LogP) is 1.26. The van der Waals surface area contributed by atoms with Gasteiger partial charge in [0.2, 0.25) is 5.89 Å². The first kappa shape index (κ1) is 16.6. The Morgan fingerprint density at radius 2 is 2.21 bits per heavy atom. The summed E-state index contributed by atoms with van der Waals surface area (Å²) < 4.78 is 11.0. The van der Waals surface area contributed by atoms with Crippen molar-refractivity contribution < 1.29 is 14.1 Å². The van der Waals surface area contributed by atoms with Gasteiger partial charge in [-0.1, -0.05) is 35.5 Å². The second-order valence-electron chi connectivity index (χ2n) is 5.84. The molecule has 7 heteroatoms. The van der Waals surface area contributed by atoms with Gasteiger partial charge in [0.15, 0.2) is 0 Å². The highest BCUT2D eigenvalue weighted by atomic mass is 16.5. The van der Waals surface area contributed by atoms with Gasteiger partial charge in [0.25, 0.3) is 11.7 Å². The van der Waals surface area contributed by atoms with Gasteiger partial charge in [0.1, 0.15) is 0 Å². The monoisotopic (exact) mass is 330 g/mol. The van der Waals surface area contributed by atoms with Crippen LogP contribution in [0.1, 0.15) is 28.5 Å². The Morgan fingerprint density at radius 3 is 3.00 bits per heavy atom. The molecule has 3 rings (SSSR count). The van der Waals surface area contributed by atoms with Gasteiger partial charge in [-0.15, -0.1) is 0 Å². The van der Waals surface area contributed by atoms with E-state index < -0.39 is 0 Å². The Hall–Kier alpha value is -2.25. The third kappa shape index (κ3) is 4.39. The lowest BCUT2D eigenvalue weighted by Crippen LogP contribution is -2.42. The maximum absolute atomic E-state index is 11.5. The summed E-state index contributed by atoms with van der Waals surface area (Å²) in [5.74, 6) is 0.186.